The summed E-state index contributed by atoms with van der Waals surface area (Å²) in [6.07, 6.45) is 5.59. The molecule has 2 radical (unpaired) electrons. The maximum absolute atomic E-state index is 13.9. The van der Waals surface area contributed by atoms with Crippen molar-refractivity contribution in [2.24, 2.45) is 0 Å². The summed E-state index contributed by atoms with van der Waals surface area (Å²) in [7, 11) is 5.81. The number of benzene rings is 1. The van der Waals surface area contributed by atoms with E-state index < -0.39 is 17.5 Å². The van der Waals surface area contributed by atoms with Crippen LogP contribution in [-0.4, -0.2) is 39.9 Å². The molecule has 7 nitrogen and oxygen atoms in total. The molecule has 0 aliphatic carbocycles. The molecule has 11 heteroatoms. The van der Waals surface area contributed by atoms with Crippen LogP contribution in [0, 0.1) is 5.82 Å². The minimum Gasteiger partial charge on any atom is -0.482 e. The number of ether oxygens (including phenoxy) is 1. The van der Waals surface area contributed by atoms with Gasteiger partial charge in [-0.05, 0) is 38.1 Å². The van der Waals surface area contributed by atoms with E-state index in [1.165, 1.54) is 12.1 Å². The molecule has 32 heavy (non-hydrogen) atoms. The number of nitrogens with two attached hydrogens (primary N) is 1. The van der Waals surface area contributed by atoms with Crippen molar-refractivity contribution in [2.75, 3.05) is 12.3 Å². The molecular weight excluding hydrogens is 455 g/mol. The van der Waals surface area contributed by atoms with Crippen LogP contribution in [0.15, 0.2) is 36.8 Å². The number of piperidine rings is 1. The Hall–Kier alpha value is -2.33. The molecule has 1 aliphatic heterocycles. The second-order valence-electron chi connectivity index (χ2n) is 7.83. The molecule has 1 saturated heterocycles. The number of nitrogens with one attached hydrogen (secondary N) is 1. The lowest BCUT2D eigenvalue weighted by atomic mass is 9.81. The van der Waals surface area contributed by atoms with Crippen LogP contribution in [0.4, 0.5) is 10.2 Å². The Labute approximate surface area is 196 Å². The van der Waals surface area contributed by atoms with Crippen molar-refractivity contribution in [3.8, 4) is 16.9 Å². The van der Waals surface area contributed by atoms with Crippen LogP contribution in [0.25, 0.3) is 11.1 Å². The van der Waals surface area contributed by atoms with E-state index in [0.29, 0.717) is 24.3 Å². The zero-order chi connectivity index (χ0) is 23.0. The molecule has 0 bridgehead atoms. The Kier molecular flexibility index (Phi) is 6.36. The van der Waals surface area contributed by atoms with Gasteiger partial charge in [0.15, 0.2) is 11.6 Å². The van der Waals surface area contributed by atoms with Gasteiger partial charge in [-0.1, -0.05) is 23.2 Å². The third kappa shape index (κ3) is 4.71. The van der Waals surface area contributed by atoms with Gasteiger partial charge in [0.1, 0.15) is 19.8 Å². The molecule has 3 aromatic rings. The fourth-order valence-corrected chi connectivity index (χ4v) is 4.45. The minimum absolute atomic E-state index is 0.0465. The van der Waals surface area contributed by atoms with Gasteiger partial charge in [-0.2, -0.15) is 5.10 Å². The van der Waals surface area contributed by atoms with Gasteiger partial charge in [-0.15, -0.1) is 0 Å². The molecule has 166 valence electrons. The lowest BCUT2D eigenvalue weighted by molar-refractivity contribution is 0.0392. The summed E-state index contributed by atoms with van der Waals surface area (Å²) < 4.78 is 21.6. The number of rotatable bonds is 5. The SMILES string of the molecule is [B]C1(O)CC(n2cc(-c3cnc(N)c(OC(C)c4c(Cl)ccc(F)c4Cl)c3)cn2)CCN1. The molecule has 3 unspecified atom stereocenters. The first kappa shape index (κ1) is 22.9. The maximum atomic E-state index is 13.9. The van der Waals surface area contributed by atoms with Gasteiger partial charge in [0.05, 0.1) is 22.9 Å². The van der Waals surface area contributed by atoms with Crippen LogP contribution in [0.2, 0.25) is 10.0 Å². The van der Waals surface area contributed by atoms with Crippen LogP contribution in [0.5, 0.6) is 5.75 Å². The van der Waals surface area contributed by atoms with Gasteiger partial charge < -0.3 is 15.6 Å². The number of anilines is 1. The average molecular weight is 476 g/mol. The largest absolute Gasteiger partial charge is 0.482 e. The summed E-state index contributed by atoms with van der Waals surface area (Å²) in [6, 6.07) is 4.30. The average Bonchev–Trinajstić information content (AvgIpc) is 3.22. The van der Waals surface area contributed by atoms with E-state index >= 15 is 0 Å². The Morgan fingerprint density at radius 1 is 1.38 bits per heavy atom. The Bertz CT molecular complexity index is 1140. The molecule has 0 saturated carbocycles. The monoisotopic (exact) mass is 475 g/mol. The van der Waals surface area contributed by atoms with Crippen molar-refractivity contribution in [2.45, 2.75) is 37.5 Å². The summed E-state index contributed by atoms with van der Waals surface area (Å²) >= 11 is 12.3. The van der Waals surface area contributed by atoms with Crippen LogP contribution in [0.3, 0.4) is 0 Å². The molecule has 4 N–H and O–H groups in total. The zero-order valence-electron chi connectivity index (χ0n) is 17.2. The topological polar surface area (TPSA) is 98.2 Å². The smallest absolute Gasteiger partial charge is 0.166 e. The fraction of sp³-hybridized carbons (Fsp3) is 0.333. The van der Waals surface area contributed by atoms with E-state index in [-0.39, 0.29) is 21.9 Å². The maximum Gasteiger partial charge on any atom is 0.166 e. The molecule has 1 aromatic carbocycles. The van der Waals surface area contributed by atoms with Gasteiger partial charge in [-0.3, -0.25) is 10.00 Å². The highest BCUT2D eigenvalue weighted by atomic mass is 35.5. The second kappa shape index (κ2) is 8.90. The number of halogens is 3. The minimum atomic E-state index is -1.42. The molecule has 1 fully saturated rings. The standard InChI is InChI=1S/C21H21BCl2FN5O2/c1-11(18-15(23)2-3-16(25)19(18)24)32-17-6-12(8-27-20(17)26)13-9-29-30(10-13)14-4-5-28-21(22,31)7-14/h2-3,6,8-11,14,28,31H,4-5,7H2,1H3,(H2,26,27). The Balaban J connectivity index is 1.58. The summed E-state index contributed by atoms with van der Waals surface area (Å²) in [5, 5.41) is 17.5. The van der Waals surface area contributed by atoms with Crippen LogP contribution in [-0.2, 0) is 0 Å². The lowest BCUT2D eigenvalue weighted by Crippen LogP contribution is -2.51. The van der Waals surface area contributed by atoms with Crippen molar-refractivity contribution < 1.29 is 14.2 Å². The third-order valence-electron chi connectivity index (χ3n) is 5.44. The molecule has 4 rings (SSSR count). The van der Waals surface area contributed by atoms with Crippen LogP contribution in [0.1, 0.15) is 37.5 Å². The van der Waals surface area contributed by atoms with Crippen molar-refractivity contribution >= 4 is 36.9 Å². The van der Waals surface area contributed by atoms with Crippen molar-refractivity contribution in [3.05, 3.63) is 58.2 Å². The van der Waals surface area contributed by atoms with E-state index in [2.05, 4.69) is 15.4 Å². The molecule has 1 aliphatic rings. The van der Waals surface area contributed by atoms with E-state index in [9.17, 15) is 9.50 Å². The first-order chi connectivity index (χ1) is 15.1. The van der Waals surface area contributed by atoms with Crippen molar-refractivity contribution in [1.82, 2.24) is 20.1 Å². The number of nitrogens with zero attached hydrogens (tertiary/aromatic N) is 3. The number of aliphatic hydroxyl groups is 1. The van der Waals surface area contributed by atoms with Crippen molar-refractivity contribution in [3.63, 3.8) is 0 Å². The van der Waals surface area contributed by atoms with E-state index in [4.69, 9.17) is 41.5 Å². The summed E-state index contributed by atoms with van der Waals surface area (Å²) in [4.78, 5) is 4.22. The number of hydrogen-bond donors (Lipinski definition) is 3. The molecule has 0 amide bonds. The molecular formula is C21H21BCl2FN5O2. The number of aromatic nitrogens is 3. The quantitative estimate of drug-likeness (QED) is 0.383. The van der Waals surface area contributed by atoms with Gasteiger partial charge >= 0.3 is 0 Å². The molecule has 0 spiro atoms. The van der Waals surface area contributed by atoms with E-state index in [0.717, 1.165) is 17.5 Å². The third-order valence-corrected chi connectivity index (χ3v) is 6.15. The number of pyridine rings is 1. The first-order valence-electron chi connectivity index (χ1n) is 10.0. The summed E-state index contributed by atoms with van der Waals surface area (Å²) in [6.45, 7) is 2.28. The Morgan fingerprint density at radius 2 is 2.16 bits per heavy atom. The predicted molar refractivity (Wildman–Crippen MR) is 122 cm³/mol. The summed E-state index contributed by atoms with van der Waals surface area (Å²) in [5.74, 6) is -0.114. The van der Waals surface area contributed by atoms with Gasteiger partial charge in [0.2, 0.25) is 0 Å². The Morgan fingerprint density at radius 3 is 2.91 bits per heavy atom. The van der Waals surface area contributed by atoms with E-state index in [1.807, 2.05) is 6.20 Å². The van der Waals surface area contributed by atoms with Gasteiger partial charge in [-0.25, -0.2) is 9.37 Å². The fourth-order valence-electron chi connectivity index (χ4n) is 3.77. The van der Waals surface area contributed by atoms with Gasteiger partial charge in [0.25, 0.3) is 0 Å². The zero-order valence-corrected chi connectivity index (χ0v) is 18.7. The summed E-state index contributed by atoms with van der Waals surface area (Å²) in [5.41, 5.74) is 6.42. The van der Waals surface area contributed by atoms with E-state index in [1.54, 1.807) is 30.1 Å². The first-order valence-corrected chi connectivity index (χ1v) is 10.8. The predicted octanol–water partition coefficient (Wildman–Crippen LogP) is 3.85. The molecule has 3 heterocycles. The van der Waals surface area contributed by atoms with Crippen molar-refractivity contribution in [1.29, 1.82) is 0 Å². The lowest BCUT2D eigenvalue weighted by Gasteiger charge is -2.35. The van der Waals surface area contributed by atoms with Gasteiger partial charge in [0, 0.05) is 40.5 Å². The second-order valence-corrected chi connectivity index (χ2v) is 8.62. The highest BCUT2D eigenvalue weighted by Gasteiger charge is 2.30. The normalized spacial score (nSPS) is 22.0. The highest BCUT2D eigenvalue weighted by molar-refractivity contribution is 6.36. The van der Waals surface area contributed by atoms with Crippen LogP contribution >= 0.6 is 23.2 Å². The molecule has 3 atom stereocenters. The number of hydrogen-bond acceptors (Lipinski definition) is 6. The number of nitrogen functional groups attached to an aromatic ring is 1. The highest BCUT2D eigenvalue weighted by Crippen LogP contribution is 2.37. The molecule has 2 aromatic heterocycles. The van der Waals surface area contributed by atoms with Crippen LogP contribution < -0.4 is 15.8 Å².